The van der Waals surface area contributed by atoms with Crippen LogP contribution in [-0.2, 0) is 35.2 Å². The van der Waals surface area contributed by atoms with E-state index in [9.17, 15) is 19.5 Å². The smallest absolute Gasteiger partial charge is 0.311 e. The van der Waals surface area contributed by atoms with E-state index < -0.39 is 42.3 Å². The van der Waals surface area contributed by atoms with Crippen molar-refractivity contribution in [3.8, 4) is 0 Å². The summed E-state index contributed by atoms with van der Waals surface area (Å²) in [6, 6.07) is 9.48. The van der Waals surface area contributed by atoms with Gasteiger partial charge in [-0.2, -0.15) is 0 Å². The number of ketones is 1. The van der Waals surface area contributed by atoms with Crippen LogP contribution in [0.4, 0.5) is 0 Å². The molecule has 198 valence electrons. The molecular formula is C26H40O7S2. The van der Waals surface area contributed by atoms with Crippen LogP contribution in [-0.4, -0.2) is 63.8 Å². The zero-order chi connectivity index (χ0) is 26.4. The van der Waals surface area contributed by atoms with Crippen LogP contribution in [0.25, 0.3) is 0 Å². The number of thioether (sulfide) groups is 2. The number of esters is 2. The number of carbonyl (C=O) groups excluding carboxylic acids is 3. The summed E-state index contributed by atoms with van der Waals surface area (Å²) in [7, 11) is 0. The minimum Gasteiger partial charge on any atom is -0.457 e. The van der Waals surface area contributed by atoms with E-state index >= 15 is 0 Å². The highest BCUT2D eigenvalue weighted by Crippen LogP contribution is 2.34. The summed E-state index contributed by atoms with van der Waals surface area (Å²) in [4.78, 5) is 36.7. The Balaban J connectivity index is 3.35. The van der Waals surface area contributed by atoms with Crippen molar-refractivity contribution in [3.05, 3.63) is 35.9 Å². The fourth-order valence-corrected chi connectivity index (χ4v) is 5.70. The van der Waals surface area contributed by atoms with Gasteiger partial charge >= 0.3 is 11.9 Å². The zero-order valence-corrected chi connectivity index (χ0v) is 23.3. The van der Waals surface area contributed by atoms with Gasteiger partial charge in [0.15, 0.2) is 12.2 Å². The third kappa shape index (κ3) is 11.8. The van der Waals surface area contributed by atoms with Gasteiger partial charge in [-0.25, -0.2) is 0 Å². The second-order valence-electron chi connectivity index (χ2n) is 9.07. The molecule has 0 amide bonds. The van der Waals surface area contributed by atoms with Crippen molar-refractivity contribution in [3.63, 3.8) is 0 Å². The Labute approximate surface area is 218 Å². The lowest BCUT2D eigenvalue weighted by atomic mass is 9.97. The molecule has 0 radical (unpaired) electrons. The molecule has 0 fully saturated rings. The van der Waals surface area contributed by atoms with Crippen molar-refractivity contribution in [2.75, 3.05) is 18.1 Å². The molecule has 0 saturated carbocycles. The van der Waals surface area contributed by atoms with E-state index in [4.69, 9.17) is 14.2 Å². The number of Topliss-reactive ketones (excluding diaryl/α,β-unsaturated/α-hetero) is 1. The Hall–Kier alpha value is -1.55. The highest BCUT2D eigenvalue weighted by molar-refractivity contribution is 8.17. The van der Waals surface area contributed by atoms with Crippen molar-refractivity contribution < 1.29 is 33.7 Å². The number of hydrogen-bond donors (Lipinski definition) is 1. The molecule has 1 rings (SSSR count). The monoisotopic (exact) mass is 528 g/mol. The van der Waals surface area contributed by atoms with Gasteiger partial charge in [0.1, 0.15) is 11.9 Å². The van der Waals surface area contributed by atoms with E-state index in [1.54, 1.807) is 44.3 Å². The van der Waals surface area contributed by atoms with E-state index in [0.29, 0.717) is 0 Å². The summed E-state index contributed by atoms with van der Waals surface area (Å²) in [5.41, 5.74) is 0.133. The Morgan fingerprint density at radius 3 is 2.03 bits per heavy atom. The summed E-state index contributed by atoms with van der Waals surface area (Å²) in [6.07, 6.45) is -2.84. The first-order valence-electron chi connectivity index (χ1n) is 11.9. The van der Waals surface area contributed by atoms with Gasteiger partial charge in [0.05, 0.1) is 29.6 Å². The van der Waals surface area contributed by atoms with E-state index in [-0.39, 0.29) is 29.8 Å². The molecule has 1 aromatic carbocycles. The van der Waals surface area contributed by atoms with Crippen LogP contribution in [0.2, 0.25) is 0 Å². The second-order valence-corrected chi connectivity index (χ2v) is 12.2. The Kier molecular flexibility index (Phi) is 14.6. The average molecular weight is 529 g/mol. The van der Waals surface area contributed by atoms with Crippen LogP contribution in [0.5, 0.6) is 0 Å². The molecule has 0 heterocycles. The molecular weight excluding hydrogens is 488 g/mol. The van der Waals surface area contributed by atoms with Crippen molar-refractivity contribution in [2.24, 2.45) is 5.41 Å². The first-order valence-corrected chi connectivity index (χ1v) is 14.0. The first kappa shape index (κ1) is 31.5. The van der Waals surface area contributed by atoms with Crippen LogP contribution >= 0.6 is 23.5 Å². The van der Waals surface area contributed by atoms with Crippen molar-refractivity contribution in [2.45, 2.75) is 83.9 Å². The van der Waals surface area contributed by atoms with Gasteiger partial charge in [0.25, 0.3) is 0 Å². The van der Waals surface area contributed by atoms with E-state index in [0.717, 1.165) is 17.1 Å². The summed E-state index contributed by atoms with van der Waals surface area (Å²) < 4.78 is 17.7. The molecule has 1 N–H and O–H groups in total. The maximum Gasteiger partial charge on any atom is 0.311 e. The molecule has 0 aromatic heterocycles. The Bertz CT molecular complexity index is 774. The third-order valence-electron chi connectivity index (χ3n) is 4.91. The van der Waals surface area contributed by atoms with Gasteiger partial charge in [0, 0.05) is 6.42 Å². The van der Waals surface area contributed by atoms with Crippen LogP contribution in [0.15, 0.2) is 30.3 Å². The number of aliphatic hydroxyl groups is 1. The van der Waals surface area contributed by atoms with Gasteiger partial charge in [-0.1, -0.05) is 44.2 Å². The SMILES string of the molecule is CCSC(SCC)[C@H](OC(=O)C(C)(C)C)[C@@H](OCc1ccccc1)[C@@H](CO)OC(=O)CCC(C)=O. The number of aliphatic hydroxyl groups excluding tert-OH is 1. The molecule has 1 aromatic rings. The summed E-state index contributed by atoms with van der Waals surface area (Å²) in [6.45, 7) is 10.4. The Morgan fingerprint density at radius 1 is 0.943 bits per heavy atom. The molecule has 9 heteroatoms. The average Bonchev–Trinajstić information content (AvgIpc) is 2.81. The van der Waals surface area contributed by atoms with Crippen molar-refractivity contribution in [1.82, 2.24) is 0 Å². The molecule has 7 nitrogen and oxygen atoms in total. The van der Waals surface area contributed by atoms with Crippen LogP contribution in [0.1, 0.15) is 59.9 Å². The lowest BCUT2D eigenvalue weighted by Gasteiger charge is -2.37. The second kappa shape index (κ2) is 16.2. The maximum absolute atomic E-state index is 13.0. The number of rotatable bonds is 16. The lowest BCUT2D eigenvalue weighted by molar-refractivity contribution is -0.185. The zero-order valence-electron chi connectivity index (χ0n) is 21.7. The third-order valence-corrected chi connectivity index (χ3v) is 7.58. The van der Waals surface area contributed by atoms with E-state index in [1.165, 1.54) is 6.92 Å². The molecule has 35 heavy (non-hydrogen) atoms. The normalized spacial score (nSPS) is 14.3. The summed E-state index contributed by atoms with van der Waals surface area (Å²) >= 11 is 3.22. The largest absolute Gasteiger partial charge is 0.457 e. The molecule has 0 aliphatic rings. The fourth-order valence-electron chi connectivity index (χ4n) is 3.04. The minimum atomic E-state index is -1.08. The van der Waals surface area contributed by atoms with Gasteiger partial charge in [-0.15, -0.1) is 23.5 Å². The maximum atomic E-state index is 13.0. The number of benzene rings is 1. The molecule has 0 bridgehead atoms. The van der Waals surface area contributed by atoms with E-state index in [1.807, 2.05) is 44.2 Å². The topological polar surface area (TPSA) is 99.1 Å². The van der Waals surface area contributed by atoms with Crippen LogP contribution in [0, 0.1) is 5.41 Å². The number of hydrogen-bond acceptors (Lipinski definition) is 9. The van der Waals surface area contributed by atoms with Gasteiger partial charge < -0.3 is 24.1 Å². The quantitative estimate of drug-likeness (QED) is 0.243. The first-order chi connectivity index (χ1) is 16.5. The van der Waals surface area contributed by atoms with Crippen molar-refractivity contribution >= 4 is 41.2 Å². The fraction of sp³-hybridized carbons (Fsp3) is 0.654. The molecule has 0 spiro atoms. The number of ether oxygens (including phenoxy) is 3. The highest BCUT2D eigenvalue weighted by Gasteiger charge is 2.42. The molecule has 0 aliphatic heterocycles. The van der Waals surface area contributed by atoms with Gasteiger partial charge in [-0.05, 0) is 44.8 Å². The van der Waals surface area contributed by atoms with Gasteiger partial charge in [-0.3, -0.25) is 9.59 Å². The predicted molar refractivity (Wildman–Crippen MR) is 141 cm³/mol. The van der Waals surface area contributed by atoms with Crippen LogP contribution in [0.3, 0.4) is 0 Å². The predicted octanol–water partition coefficient (Wildman–Crippen LogP) is 4.64. The Morgan fingerprint density at radius 2 is 1.54 bits per heavy atom. The summed E-state index contributed by atoms with van der Waals surface area (Å²) in [5.74, 6) is 0.393. The molecule has 0 aliphatic carbocycles. The molecule has 0 unspecified atom stereocenters. The van der Waals surface area contributed by atoms with Crippen LogP contribution < -0.4 is 0 Å². The summed E-state index contributed by atoms with van der Waals surface area (Å²) in [5, 5.41) is 10.2. The van der Waals surface area contributed by atoms with Gasteiger partial charge in [0.2, 0.25) is 0 Å². The lowest BCUT2D eigenvalue weighted by Crippen LogP contribution is -2.50. The molecule has 3 atom stereocenters. The molecule has 0 saturated heterocycles. The number of carbonyl (C=O) groups is 3. The van der Waals surface area contributed by atoms with E-state index in [2.05, 4.69) is 0 Å². The van der Waals surface area contributed by atoms with Crippen molar-refractivity contribution in [1.29, 1.82) is 0 Å². The standard InChI is InChI=1S/C26H40O7S2/c1-7-34-24(35-8-2)23(33-25(30)26(4,5)6)22(31-17-19-12-10-9-11-13-19)20(16-27)32-21(29)15-14-18(3)28/h9-13,20,22-24,27H,7-8,14-17H2,1-6H3/t20-,22+,23-/m1/s1. The minimum absolute atomic E-state index is 0.0506. The highest BCUT2D eigenvalue weighted by atomic mass is 32.2.